The fraction of sp³-hybridized carbons (Fsp3) is 0.381. The summed E-state index contributed by atoms with van der Waals surface area (Å²) >= 11 is 0. The van der Waals surface area contributed by atoms with Gasteiger partial charge < -0.3 is 52.0 Å². The van der Waals surface area contributed by atoms with Crippen LogP contribution in [0.25, 0.3) is 0 Å². The van der Waals surface area contributed by atoms with Gasteiger partial charge in [0.15, 0.2) is 0 Å². The summed E-state index contributed by atoms with van der Waals surface area (Å²) in [4.78, 5) is 94.4. The van der Waals surface area contributed by atoms with Crippen molar-refractivity contribution in [1.82, 2.24) is 29.7 Å². The average molecular weight is 853 g/mol. The molecule has 328 valence electrons. The molecular weight excluding hydrogens is 801 g/mol. The first-order valence-electron chi connectivity index (χ1n) is 19.9. The van der Waals surface area contributed by atoms with E-state index in [1.165, 1.54) is 38.7 Å². The first-order chi connectivity index (χ1) is 29.7. The van der Waals surface area contributed by atoms with Crippen LogP contribution in [0.4, 0.5) is 23.0 Å². The molecule has 4 aromatic heterocycles. The highest BCUT2D eigenvalue weighted by Gasteiger charge is 2.36. The summed E-state index contributed by atoms with van der Waals surface area (Å²) in [7, 11) is 6.27. The van der Waals surface area contributed by atoms with Gasteiger partial charge in [-0.2, -0.15) is 0 Å². The lowest BCUT2D eigenvalue weighted by molar-refractivity contribution is -0.146. The van der Waals surface area contributed by atoms with Gasteiger partial charge in [-0.3, -0.25) is 28.8 Å². The molecule has 62 heavy (non-hydrogen) atoms. The van der Waals surface area contributed by atoms with Gasteiger partial charge in [-0.25, -0.2) is 19.9 Å². The molecule has 4 aromatic rings. The van der Waals surface area contributed by atoms with Crippen LogP contribution < -0.4 is 42.2 Å². The highest BCUT2D eigenvalue weighted by molar-refractivity contribution is 6.40. The number of hydrogen-bond acceptors (Lipinski definition) is 14. The molecule has 0 spiro atoms. The zero-order valence-electron chi connectivity index (χ0n) is 35.4. The number of nitrogens with two attached hydrogens (primary N) is 2. The fourth-order valence-corrected chi connectivity index (χ4v) is 7.30. The Morgan fingerprint density at radius 2 is 0.984 bits per heavy atom. The SMILES string of the molecule is CNc1ccc([C@@H]2CC[C@@H](C)CN2C(=O)C(=O)Nc2cnc(OC)c(C(N)=O)c2)cn1.CNc1ccc([C@@H]2CC[C@H](C)CN2C(=O)C(=O)Nc2cnc(OC)c(C(N)=O)c2)cn1. The lowest BCUT2D eigenvalue weighted by atomic mass is 9.90. The van der Waals surface area contributed by atoms with E-state index in [2.05, 4.69) is 41.2 Å². The molecule has 6 amide bonds. The second-order valence-corrected chi connectivity index (χ2v) is 15.0. The number of rotatable bonds is 10. The van der Waals surface area contributed by atoms with E-state index in [0.29, 0.717) is 13.1 Å². The summed E-state index contributed by atoms with van der Waals surface area (Å²) in [6.45, 7) is 5.00. The molecule has 0 aliphatic carbocycles. The summed E-state index contributed by atoms with van der Waals surface area (Å²) in [6.07, 6.45) is 9.38. The molecule has 0 unspecified atom stereocenters. The van der Waals surface area contributed by atoms with Crippen LogP contribution in [0.15, 0.2) is 61.2 Å². The number of methoxy groups -OCH3 is 2. The molecule has 0 radical (unpaired) electrons. The molecule has 2 fully saturated rings. The van der Waals surface area contributed by atoms with E-state index in [9.17, 15) is 28.8 Å². The average Bonchev–Trinajstić information content (AvgIpc) is 3.28. The molecule has 2 aliphatic rings. The van der Waals surface area contributed by atoms with Crippen molar-refractivity contribution in [2.24, 2.45) is 23.3 Å². The maximum atomic E-state index is 13.0. The summed E-state index contributed by atoms with van der Waals surface area (Å²) < 4.78 is 9.98. The molecular formula is C42H52N12O8. The zero-order chi connectivity index (χ0) is 45.1. The number of carbonyl (C=O) groups is 6. The normalized spacial score (nSPS) is 18.2. The van der Waals surface area contributed by atoms with Gasteiger partial charge in [0.1, 0.15) is 22.8 Å². The van der Waals surface area contributed by atoms with E-state index >= 15 is 0 Å². The van der Waals surface area contributed by atoms with Crippen LogP contribution in [-0.2, 0) is 19.2 Å². The first kappa shape index (κ1) is 45.7. The first-order valence-corrected chi connectivity index (χ1v) is 19.9. The van der Waals surface area contributed by atoms with Gasteiger partial charge in [-0.1, -0.05) is 26.0 Å². The Morgan fingerprint density at radius 3 is 1.29 bits per heavy atom. The van der Waals surface area contributed by atoms with Gasteiger partial charge in [0.25, 0.3) is 11.8 Å². The maximum absolute atomic E-state index is 13.0. The van der Waals surface area contributed by atoms with Crippen molar-refractivity contribution in [2.75, 3.05) is 62.7 Å². The van der Waals surface area contributed by atoms with Gasteiger partial charge in [-0.15, -0.1) is 0 Å². The summed E-state index contributed by atoms with van der Waals surface area (Å²) in [6, 6.07) is 9.65. The monoisotopic (exact) mass is 852 g/mol. The Labute approximate surface area is 358 Å². The molecule has 0 aromatic carbocycles. The fourth-order valence-electron chi connectivity index (χ4n) is 7.30. The highest BCUT2D eigenvalue weighted by atomic mass is 16.5. The minimum absolute atomic E-state index is 0.00733. The summed E-state index contributed by atoms with van der Waals surface area (Å²) in [5.41, 5.74) is 12.8. The molecule has 8 N–H and O–H groups in total. The van der Waals surface area contributed by atoms with E-state index in [1.54, 1.807) is 36.3 Å². The third-order valence-electron chi connectivity index (χ3n) is 10.5. The lowest BCUT2D eigenvalue weighted by Gasteiger charge is -2.38. The number of primary amides is 2. The number of likely N-dealkylation sites (tertiary alicyclic amines) is 2. The van der Waals surface area contributed by atoms with Crippen molar-refractivity contribution >= 4 is 58.5 Å². The molecule has 2 saturated heterocycles. The largest absolute Gasteiger partial charge is 0.480 e. The van der Waals surface area contributed by atoms with E-state index in [-0.39, 0.29) is 58.2 Å². The second-order valence-electron chi connectivity index (χ2n) is 15.0. The van der Waals surface area contributed by atoms with Crippen molar-refractivity contribution < 1.29 is 38.2 Å². The van der Waals surface area contributed by atoms with Crippen LogP contribution in [-0.4, -0.2) is 107 Å². The number of aromatic nitrogens is 4. The van der Waals surface area contributed by atoms with E-state index < -0.39 is 35.4 Å². The third-order valence-corrected chi connectivity index (χ3v) is 10.5. The molecule has 6 heterocycles. The smallest absolute Gasteiger partial charge is 0.313 e. The summed E-state index contributed by atoms with van der Waals surface area (Å²) in [5, 5.41) is 10.9. The number of pyridine rings is 4. The second kappa shape index (κ2) is 20.7. The quantitative estimate of drug-likeness (QED) is 0.125. The molecule has 2 aliphatic heterocycles. The predicted molar refractivity (Wildman–Crippen MR) is 229 cm³/mol. The van der Waals surface area contributed by atoms with Crippen molar-refractivity contribution in [2.45, 2.75) is 51.6 Å². The number of ether oxygens (including phenoxy) is 2. The van der Waals surface area contributed by atoms with Gasteiger partial charge in [0.2, 0.25) is 11.8 Å². The number of amides is 6. The minimum Gasteiger partial charge on any atom is -0.480 e. The molecule has 4 atom stereocenters. The standard InChI is InChI=1S/2C21H26N6O4/c2*1-12-4-6-16(13-5-7-17(23-2)24-9-13)27(11-12)21(30)19(29)26-14-8-15(18(22)28)20(31-3)25-10-14/h2*5,7-10,12,16H,4,6,11H2,1-3H3,(H2,22,28)(H,23,24)(H,26,29)/t12-,16+;12-,16-/m10/s1. The van der Waals surface area contributed by atoms with Gasteiger partial charge >= 0.3 is 23.6 Å². The van der Waals surface area contributed by atoms with Crippen LogP contribution >= 0.6 is 0 Å². The molecule has 20 heteroatoms. The van der Waals surface area contributed by atoms with E-state index in [1.807, 2.05) is 38.1 Å². The van der Waals surface area contributed by atoms with Crippen molar-refractivity contribution in [3.63, 3.8) is 0 Å². The summed E-state index contributed by atoms with van der Waals surface area (Å²) in [5.74, 6) is -2.41. The van der Waals surface area contributed by atoms with E-state index in [0.717, 1.165) is 48.4 Å². The molecule has 0 saturated carbocycles. The van der Waals surface area contributed by atoms with Gasteiger partial charge in [-0.05, 0) is 72.9 Å². The Balaban J connectivity index is 0.000000234. The number of nitrogens with zero attached hydrogens (tertiary/aromatic N) is 6. The van der Waals surface area contributed by atoms with E-state index in [4.69, 9.17) is 20.9 Å². The number of piperidine rings is 2. The van der Waals surface area contributed by atoms with Crippen molar-refractivity contribution in [3.8, 4) is 11.8 Å². The third kappa shape index (κ3) is 11.1. The predicted octanol–water partition coefficient (Wildman–Crippen LogP) is 3.13. The Hall–Kier alpha value is -7.38. The van der Waals surface area contributed by atoms with Gasteiger partial charge in [0, 0.05) is 39.6 Å². The van der Waals surface area contributed by atoms with Crippen molar-refractivity contribution in [3.05, 3.63) is 83.4 Å². The van der Waals surface area contributed by atoms with Crippen LogP contribution in [0.5, 0.6) is 11.8 Å². The number of hydrogen-bond donors (Lipinski definition) is 6. The topological polar surface area (TPSA) is 279 Å². The molecule has 0 bridgehead atoms. The number of nitrogens with one attached hydrogen (secondary N) is 4. The zero-order valence-corrected chi connectivity index (χ0v) is 35.4. The van der Waals surface area contributed by atoms with Crippen LogP contribution in [0.2, 0.25) is 0 Å². The molecule has 20 nitrogen and oxygen atoms in total. The van der Waals surface area contributed by atoms with Crippen molar-refractivity contribution in [1.29, 1.82) is 0 Å². The van der Waals surface area contributed by atoms with Gasteiger partial charge in [0.05, 0.1) is 50.1 Å². The highest BCUT2D eigenvalue weighted by Crippen LogP contribution is 2.35. The minimum atomic E-state index is -0.818. The number of anilines is 4. The Morgan fingerprint density at radius 1 is 0.597 bits per heavy atom. The lowest BCUT2D eigenvalue weighted by Crippen LogP contribution is -2.46. The van der Waals surface area contributed by atoms with Crippen LogP contribution in [0.3, 0.4) is 0 Å². The van der Waals surface area contributed by atoms with Crippen LogP contribution in [0, 0.1) is 11.8 Å². The molecule has 6 rings (SSSR count). The Bertz CT molecular complexity index is 2120. The van der Waals surface area contributed by atoms with Crippen LogP contribution in [0.1, 0.15) is 83.5 Å². The number of carbonyl (C=O) groups excluding carboxylic acids is 6. The maximum Gasteiger partial charge on any atom is 0.313 e. The Kier molecular flexibility index (Phi) is 15.3.